The number of amides is 3. The summed E-state index contributed by atoms with van der Waals surface area (Å²) in [7, 11) is 0. The normalized spacial score (nSPS) is 18.0. The SMILES string of the molecule is NCC[C@@H]1CN(C(=O)NCc2ccc(C(N)=O)cc2)CCO1. The molecule has 0 aromatic heterocycles. The number of ether oxygens (including phenoxy) is 1. The van der Waals surface area contributed by atoms with Gasteiger partial charge in [-0.2, -0.15) is 0 Å². The van der Waals surface area contributed by atoms with Crippen LogP contribution in [0.25, 0.3) is 0 Å². The fourth-order valence-electron chi connectivity index (χ4n) is 2.34. The van der Waals surface area contributed by atoms with Gasteiger partial charge in [-0.1, -0.05) is 12.1 Å². The average molecular weight is 306 g/mol. The van der Waals surface area contributed by atoms with E-state index in [1.807, 2.05) is 0 Å². The van der Waals surface area contributed by atoms with Crippen LogP contribution >= 0.6 is 0 Å². The fourth-order valence-corrected chi connectivity index (χ4v) is 2.34. The molecule has 1 fully saturated rings. The maximum atomic E-state index is 12.2. The van der Waals surface area contributed by atoms with Gasteiger partial charge in [-0.05, 0) is 30.7 Å². The van der Waals surface area contributed by atoms with Crippen molar-refractivity contribution in [3.05, 3.63) is 35.4 Å². The van der Waals surface area contributed by atoms with Gasteiger partial charge in [-0.25, -0.2) is 4.79 Å². The van der Waals surface area contributed by atoms with Gasteiger partial charge >= 0.3 is 6.03 Å². The van der Waals surface area contributed by atoms with Crippen molar-refractivity contribution in [1.82, 2.24) is 10.2 Å². The molecule has 3 amide bonds. The number of benzene rings is 1. The minimum atomic E-state index is -0.463. The van der Waals surface area contributed by atoms with E-state index in [4.69, 9.17) is 16.2 Å². The van der Waals surface area contributed by atoms with Gasteiger partial charge in [0.2, 0.25) is 5.91 Å². The van der Waals surface area contributed by atoms with Crippen molar-refractivity contribution in [2.24, 2.45) is 11.5 Å². The summed E-state index contributed by atoms with van der Waals surface area (Å²) < 4.78 is 5.55. The van der Waals surface area contributed by atoms with Crippen LogP contribution in [0.1, 0.15) is 22.3 Å². The number of carbonyl (C=O) groups excluding carboxylic acids is 2. The molecule has 2 rings (SSSR count). The number of hydrogen-bond acceptors (Lipinski definition) is 4. The molecule has 1 aliphatic heterocycles. The van der Waals surface area contributed by atoms with E-state index < -0.39 is 5.91 Å². The van der Waals surface area contributed by atoms with Gasteiger partial charge in [0.25, 0.3) is 0 Å². The van der Waals surface area contributed by atoms with Crippen molar-refractivity contribution < 1.29 is 14.3 Å². The number of morpholine rings is 1. The molecule has 1 aliphatic rings. The number of nitrogens with one attached hydrogen (secondary N) is 1. The summed E-state index contributed by atoms with van der Waals surface area (Å²) in [4.78, 5) is 24.9. The van der Waals surface area contributed by atoms with Crippen LogP contribution < -0.4 is 16.8 Å². The van der Waals surface area contributed by atoms with Crippen LogP contribution in [0.2, 0.25) is 0 Å². The van der Waals surface area contributed by atoms with Crippen molar-refractivity contribution in [3.8, 4) is 0 Å². The van der Waals surface area contributed by atoms with Crippen LogP contribution in [-0.2, 0) is 11.3 Å². The number of nitrogens with two attached hydrogens (primary N) is 2. The molecule has 0 spiro atoms. The smallest absolute Gasteiger partial charge is 0.317 e. The van der Waals surface area contributed by atoms with Crippen molar-refractivity contribution >= 4 is 11.9 Å². The Kier molecular flexibility index (Phi) is 5.74. The minimum absolute atomic E-state index is 0.0133. The minimum Gasteiger partial charge on any atom is -0.374 e. The highest BCUT2D eigenvalue weighted by Crippen LogP contribution is 2.09. The zero-order valence-corrected chi connectivity index (χ0v) is 12.5. The van der Waals surface area contributed by atoms with E-state index >= 15 is 0 Å². The molecule has 1 atom stereocenters. The van der Waals surface area contributed by atoms with Gasteiger partial charge in [0.15, 0.2) is 0 Å². The molecule has 1 heterocycles. The second kappa shape index (κ2) is 7.77. The van der Waals surface area contributed by atoms with E-state index in [0.717, 1.165) is 12.0 Å². The number of nitrogens with zero attached hydrogens (tertiary/aromatic N) is 1. The summed E-state index contributed by atoms with van der Waals surface area (Å²) >= 11 is 0. The number of hydrogen-bond donors (Lipinski definition) is 3. The predicted molar refractivity (Wildman–Crippen MR) is 82.2 cm³/mol. The molecule has 0 radical (unpaired) electrons. The molecular weight excluding hydrogens is 284 g/mol. The first-order chi connectivity index (χ1) is 10.6. The topological polar surface area (TPSA) is 111 Å². The zero-order chi connectivity index (χ0) is 15.9. The first kappa shape index (κ1) is 16.3. The summed E-state index contributed by atoms with van der Waals surface area (Å²) in [6, 6.07) is 6.73. The molecule has 0 bridgehead atoms. The zero-order valence-electron chi connectivity index (χ0n) is 12.5. The van der Waals surface area contributed by atoms with Gasteiger partial charge in [-0.15, -0.1) is 0 Å². The Morgan fingerprint density at radius 2 is 2.05 bits per heavy atom. The lowest BCUT2D eigenvalue weighted by Gasteiger charge is -2.32. The van der Waals surface area contributed by atoms with E-state index in [1.165, 1.54) is 0 Å². The van der Waals surface area contributed by atoms with Crippen LogP contribution in [0, 0.1) is 0 Å². The van der Waals surface area contributed by atoms with Gasteiger partial charge in [-0.3, -0.25) is 4.79 Å². The Bertz CT molecular complexity index is 516. The second-order valence-electron chi connectivity index (χ2n) is 5.24. The van der Waals surface area contributed by atoms with Crippen LogP contribution in [0.5, 0.6) is 0 Å². The van der Waals surface area contributed by atoms with Gasteiger partial charge in [0.1, 0.15) is 0 Å². The van der Waals surface area contributed by atoms with E-state index in [2.05, 4.69) is 5.32 Å². The first-order valence-corrected chi connectivity index (χ1v) is 7.33. The van der Waals surface area contributed by atoms with Crippen LogP contribution in [-0.4, -0.2) is 49.2 Å². The molecule has 1 aromatic carbocycles. The van der Waals surface area contributed by atoms with Crippen molar-refractivity contribution in [2.45, 2.75) is 19.1 Å². The average Bonchev–Trinajstić information content (AvgIpc) is 2.53. The molecule has 120 valence electrons. The quantitative estimate of drug-likeness (QED) is 0.713. The van der Waals surface area contributed by atoms with E-state index in [1.54, 1.807) is 29.2 Å². The third kappa shape index (κ3) is 4.44. The summed E-state index contributed by atoms with van der Waals surface area (Å²) in [6.07, 6.45) is 0.762. The maximum absolute atomic E-state index is 12.2. The number of rotatable bonds is 5. The van der Waals surface area contributed by atoms with Gasteiger partial charge in [0, 0.05) is 25.2 Å². The number of urea groups is 1. The summed E-state index contributed by atoms with van der Waals surface area (Å²) in [5.74, 6) is -0.463. The Balaban J connectivity index is 1.83. The standard InChI is InChI=1S/C15H22N4O3/c16-6-5-13-10-19(7-8-22-13)15(21)18-9-11-1-3-12(4-2-11)14(17)20/h1-4,13H,5-10,16H2,(H2,17,20)(H,18,21)/t13-/m1/s1. The molecule has 0 unspecified atom stereocenters. The van der Waals surface area contributed by atoms with Crippen LogP contribution in [0.4, 0.5) is 4.79 Å². The molecular formula is C15H22N4O3. The third-order valence-electron chi connectivity index (χ3n) is 3.60. The van der Waals surface area contributed by atoms with E-state index in [0.29, 0.717) is 38.3 Å². The Morgan fingerprint density at radius 3 is 2.68 bits per heavy atom. The largest absolute Gasteiger partial charge is 0.374 e. The molecule has 5 N–H and O–H groups in total. The highest BCUT2D eigenvalue weighted by atomic mass is 16.5. The molecule has 0 aliphatic carbocycles. The van der Waals surface area contributed by atoms with Crippen molar-refractivity contribution in [3.63, 3.8) is 0 Å². The third-order valence-corrected chi connectivity index (χ3v) is 3.60. The predicted octanol–water partition coefficient (Wildman–Crippen LogP) is 0.0447. The molecule has 1 aromatic rings. The van der Waals surface area contributed by atoms with Crippen LogP contribution in [0.3, 0.4) is 0 Å². The highest BCUT2D eigenvalue weighted by molar-refractivity contribution is 5.92. The lowest BCUT2D eigenvalue weighted by atomic mass is 10.1. The maximum Gasteiger partial charge on any atom is 0.317 e. The van der Waals surface area contributed by atoms with Crippen molar-refractivity contribution in [1.29, 1.82) is 0 Å². The molecule has 22 heavy (non-hydrogen) atoms. The lowest BCUT2D eigenvalue weighted by Crippen LogP contribution is -2.49. The molecule has 1 saturated heterocycles. The molecule has 7 heteroatoms. The first-order valence-electron chi connectivity index (χ1n) is 7.33. The second-order valence-corrected chi connectivity index (χ2v) is 5.24. The Hall–Kier alpha value is -2.12. The highest BCUT2D eigenvalue weighted by Gasteiger charge is 2.23. The van der Waals surface area contributed by atoms with Crippen molar-refractivity contribution in [2.75, 3.05) is 26.2 Å². The Morgan fingerprint density at radius 1 is 1.32 bits per heavy atom. The van der Waals surface area contributed by atoms with Crippen LogP contribution in [0.15, 0.2) is 24.3 Å². The summed E-state index contributed by atoms with van der Waals surface area (Å²) in [6.45, 7) is 2.62. The van der Waals surface area contributed by atoms with Gasteiger partial charge in [0.05, 0.1) is 12.7 Å². The lowest BCUT2D eigenvalue weighted by molar-refractivity contribution is -0.0165. The molecule has 0 saturated carbocycles. The van der Waals surface area contributed by atoms with E-state index in [-0.39, 0.29) is 12.1 Å². The number of carbonyl (C=O) groups is 2. The Labute approximate surface area is 129 Å². The number of primary amides is 1. The summed E-state index contributed by atoms with van der Waals surface area (Å²) in [5.41, 5.74) is 12.1. The molecule has 7 nitrogen and oxygen atoms in total. The monoisotopic (exact) mass is 306 g/mol. The fraction of sp³-hybridized carbons (Fsp3) is 0.467. The van der Waals surface area contributed by atoms with Gasteiger partial charge < -0.3 is 26.4 Å². The summed E-state index contributed by atoms with van der Waals surface area (Å²) in [5, 5.41) is 2.86. The van der Waals surface area contributed by atoms with E-state index in [9.17, 15) is 9.59 Å².